The highest BCUT2D eigenvalue weighted by Crippen LogP contribution is 2.29. The van der Waals surface area contributed by atoms with Gasteiger partial charge < -0.3 is 14.5 Å². The molecule has 41 heavy (non-hydrogen) atoms. The summed E-state index contributed by atoms with van der Waals surface area (Å²) in [4.78, 5) is 30.7. The molecule has 4 aromatic carbocycles. The van der Waals surface area contributed by atoms with Crippen molar-refractivity contribution in [1.82, 2.24) is 9.66 Å². The summed E-state index contributed by atoms with van der Waals surface area (Å²) in [7, 11) is 0. The fourth-order valence-electron chi connectivity index (χ4n) is 4.23. The number of hydrogen-bond donors (Lipinski definition) is 1. The molecule has 0 aliphatic rings. The van der Waals surface area contributed by atoms with E-state index in [9.17, 15) is 9.59 Å². The van der Waals surface area contributed by atoms with Crippen LogP contribution in [0.4, 0.5) is 5.69 Å². The van der Waals surface area contributed by atoms with Gasteiger partial charge in [-0.25, -0.2) is 4.98 Å². The number of aromatic nitrogens is 2. The minimum atomic E-state index is -0.357. The van der Waals surface area contributed by atoms with E-state index in [1.807, 2.05) is 30.3 Å². The SMILES string of the molecule is O=C(COc1ccccc1C=Nn1c(-c2cc3cc(Br)ccc3o2)nc2ccccc2c1=O)Nc1ccc(Cl)cc1. The zero-order valence-electron chi connectivity index (χ0n) is 21.3. The number of rotatable bonds is 7. The molecule has 0 spiro atoms. The van der Waals surface area contributed by atoms with Gasteiger partial charge in [-0.15, -0.1) is 0 Å². The zero-order chi connectivity index (χ0) is 28.3. The van der Waals surface area contributed by atoms with E-state index in [4.69, 9.17) is 25.7 Å². The van der Waals surface area contributed by atoms with Crippen molar-refractivity contribution in [2.75, 3.05) is 11.9 Å². The maximum absolute atomic E-state index is 13.6. The highest BCUT2D eigenvalue weighted by atomic mass is 79.9. The molecule has 0 aliphatic heterocycles. The van der Waals surface area contributed by atoms with Crippen LogP contribution in [0.15, 0.2) is 116 Å². The quantitative estimate of drug-likeness (QED) is 0.190. The van der Waals surface area contributed by atoms with Gasteiger partial charge in [0.05, 0.1) is 17.1 Å². The number of carbonyl (C=O) groups is 1. The standard InChI is InChI=1S/C31H20BrClN4O4/c32-21-9-14-27-20(15-21)16-28(41-27)30-36-25-7-3-2-6-24(25)31(39)37(30)34-17-19-5-1-4-8-26(19)40-18-29(38)35-23-12-10-22(33)11-13-23/h1-17H,18H2,(H,35,38). The van der Waals surface area contributed by atoms with Crippen LogP contribution in [0.1, 0.15) is 5.56 Å². The molecule has 6 aromatic rings. The lowest BCUT2D eigenvalue weighted by molar-refractivity contribution is -0.118. The molecule has 0 bridgehead atoms. The van der Waals surface area contributed by atoms with Crippen LogP contribution in [-0.2, 0) is 4.79 Å². The van der Waals surface area contributed by atoms with Crippen LogP contribution >= 0.6 is 27.5 Å². The Kier molecular flexibility index (Phi) is 7.37. The van der Waals surface area contributed by atoms with Crippen molar-refractivity contribution in [2.45, 2.75) is 0 Å². The smallest absolute Gasteiger partial charge is 0.282 e. The summed E-state index contributed by atoms with van der Waals surface area (Å²) < 4.78 is 14.0. The number of carbonyl (C=O) groups excluding carboxylic acids is 1. The summed E-state index contributed by atoms with van der Waals surface area (Å²) >= 11 is 9.38. The minimum absolute atomic E-state index is 0.231. The topological polar surface area (TPSA) is 98.7 Å². The zero-order valence-corrected chi connectivity index (χ0v) is 23.6. The number of fused-ring (bicyclic) bond motifs is 2. The Morgan fingerprint density at radius 2 is 1.80 bits per heavy atom. The van der Waals surface area contributed by atoms with E-state index >= 15 is 0 Å². The molecule has 10 heteroatoms. The van der Waals surface area contributed by atoms with Gasteiger partial charge in [-0.3, -0.25) is 9.59 Å². The van der Waals surface area contributed by atoms with Gasteiger partial charge in [0.25, 0.3) is 11.5 Å². The number of nitrogens with zero attached hydrogens (tertiary/aromatic N) is 3. The van der Waals surface area contributed by atoms with Gasteiger partial charge in [0.1, 0.15) is 11.3 Å². The number of amides is 1. The van der Waals surface area contributed by atoms with Crippen molar-refractivity contribution in [3.05, 3.63) is 122 Å². The summed E-state index contributed by atoms with van der Waals surface area (Å²) in [5.74, 6) is 0.715. The van der Waals surface area contributed by atoms with Crippen molar-refractivity contribution in [3.8, 4) is 17.3 Å². The number of hydrogen-bond acceptors (Lipinski definition) is 6. The number of benzene rings is 4. The van der Waals surface area contributed by atoms with Crippen LogP contribution in [-0.4, -0.2) is 28.4 Å². The first-order chi connectivity index (χ1) is 19.9. The maximum atomic E-state index is 13.6. The summed E-state index contributed by atoms with van der Waals surface area (Å²) in [5, 5.41) is 9.10. The summed E-state index contributed by atoms with van der Waals surface area (Å²) in [6.45, 7) is -0.231. The van der Waals surface area contributed by atoms with Crippen molar-refractivity contribution in [2.24, 2.45) is 5.10 Å². The average molecular weight is 628 g/mol. The number of nitrogens with one attached hydrogen (secondary N) is 1. The Balaban J connectivity index is 1.33. The molecular weight excluding hydrogens is 608 g/mol. The van der Waals surface area contributed by atoms with E-state index in [0.717, 1.165) is 9.86 Å². The number of halogens is 2. The van der Waals surface area contributed by atoms with Crippen LogP contribution in [0.25, 0.3) is 33.5 Å². The molecule has 0 radical (unpaired) electrons. The Hall–Kier alpha value is -4.73. The molecule has 0 saturated carbocycles. The largest absolute Gasteiger partial charge is 0.483 e. The van der Waals surface area contributed by atoms with Gasteiger partial charge in [0.2, 0.25) is 5.82 Å². The van der Waals surface area contributed by atoms with Crippen molar-refractivity contribution < 1.29 is 13.9 Å². The molecule has 0 atom stereocenters. The van der Waals surface area contributed by atoms with E-state index < -0.39 is 0 Å². The maximum Gasteiger partial charge on any atom is 0.282 e. The molecule has 2 aromatic heterocycles. The van der Waals surface area contributed by atoms with Gasteiger partial charge in [-0.05, 0) is 72.8 Å². The lowest BCUT2D eigenvalue weighted by Gasteiger charge is -2.10. The van der Waals surface area contributed by atoms with Crippen molar-refractivity contribution in [1.29, 1.82) is 0 Å². The first-order valence-corrected chi connectivity index (χ1v) is 13.6. The van der Waals surface area contributed by atoms with Crippen LogP contribution in [0.5, 0.6) is 5.75 Å². The molecule has 0 unspecified atom stereocenters. The fraction of sp³-hybridized carbons (Fsp3) is 0.0323. The number of anilines is 1. The van der Waals surface area contributed by atoms with E-state index in [1.54, 1.807) is 66.7 Å². The molecule has 8 nitrogen and oxygen atoms in total. The van der Waals surface area contributed by atoms with Gasteiger partial charge in [-0.1, -0.05) is 51.8 Å². The van der Waals surface area contributed by atoms with Gasteiger partial charge in [0.15, 0.2) is 12.4 Å². The molecule has 2 heterocycles. The number of para-hydroxylation sites is 2. The minimum Gasteiger partial charge on any atom is -0.483 e. The van der Waals surface area contributed by atoms with Crippen LogP contribution in [0.2, 0.25) is 5.02 Å². The third-order valence-electron chi connectivity index (χ3n) is 6.17. The van der Waals surface area contributed by atoms with Crippen molar-refractivity contribution in [3.63, 3.8) is 0 Å². The highest BCUT2D eigenvalue weighted by Gasteiger charge is 2.17. The lowest BCUT2D eigenvalue weighted by Crippen LogP contribution is -2.21. The lowest BCUT2D eigenvalue weighted by atomic mass is 10.2. The van der Waals surface area contributed by atoms with Crippen LogP contribution < -0.4 is 15.6 Å². The van der Waals surface area contributed by atoms with Gasteiger partial charge in [-0.2, -0.15) is 9.78 Å². The normalized spacial score (nSPS) is 11.4. The summed E-state index contributed by atoms with van der Waals surface area (Å²) in [6.07, 6.45) is 1.49. The predicted octanol–water partition coefficient (Wildman–Crippen LogP) is 7.13. The predicted molar refractivity (Wildman–Crippen MR) is 164 cm³/mol. The Labute approximate surface area is 247 Å². The van der Waals surface area contributed by atoms with E-state index in [-0.39, 0.29) is 23.9 Å². The average Bonchev–Trinajstić information content (AvgIpc) is 3.40. The first kappa shape index (κ1) is 26.5. The van der Waals surface area contributed by atoms with Gasteiger partial charge >= 0.3 is 0 Å². The van der Waals surface area contributed by atoms with Gasteiger partial charge in [0, 0.05) is 26.1 Å². The van der Waals surface area contributed by atoms with Crippen molar-refractivity contribution >= 4 is 67.2 Å². The molecule has 0 aliphatic carbocycles. The first-order valence-electron chi connectivity index (χ1n) is 12.5. The monoisotopic (exact) mass is 626 g/mol. The van der Waals surface area contributed by atoms with E-state index in [2.05, 4.69) is 26.3 Å². The Morgan fingerprint density at radius 1 is 1.02 bits per heavy atom. The molecule has 0 saturated heterocycles. The third-order valence-corrected chi connectivity index (χ3v) is 6.92. The Morgan fingerprint density at radius 3 is 2.66 bits per heavy atom. The second-order valence-electron chi connectivity index (χ2n) is 8.99. The molecule has 6 rings (SSSR count). The molecule has 202 valence electrons. The molecule has 0 fully saturated rings. The van der Waals surface area contributed by atoms with Crippen LogP contribution in [0.3, 0.4) is 0 Å². The molecular formula is C31H20BrClN4O4. The van der Waals surface area contributed by atoms with E-state index in [1.165, 1.54) is 10.9 Å². The highest BCUT2D eigenvalue weighted by molar-refractivity contribution is 9.10. The summed E-state index contributed by atoms with van der Waals surface area (Å²) in [5.41, 5.74) is 1.98. The molecule has 1 N–H and O–H groups in total. The Bertz CT molecular complexity index is 2000. The summed E-state index contributed by atoms with van der Waals surface area (Å²) in [6, 6.07) is 28.4. The third kappa shape index (κ3) is 5.77. The number of ether oxygens (including phenoxy) is 1. The second kappa shape index (κ2) is 11.4. The second-order valence-corrected chi connectivity index (χ2v) is 10.3. The fourth-order valence-corrected chi connectivity index (χ4v) is 4.73. The number of furan rings is 1. The van der Waals surface area contributed by atoms with E-state index in [0.29, 0.717) is 44.3 Å². The molecule has 1 amide bonds. The van der Waals surface area contributed by atoms with Crippen LogP contribution in [0, 0.1) is 0 Å².